The van der Waals surface area contributed by atoms with Crippen molar-refractivity contribution in [1.82, 2.24) is 0 Å². The maximum atomic E-state index is 12.8. The lowest BCUT2D eigenvalue weighted by Gasteiger charge is -2.16. The second-order valence-corrected chi connectivity index (χ2v) is 3.05. The zero-order chi connectivity index (χ0) is 12.6. The van der Waals surface area contributed by atoms with Crippen molar-refractivity contribution in [3.05, 3.63) is 35.1 Å². The molecule has 0 bridgehead atoms. The van der Waals surface area contributed by atoms with Gasteiger partial charge in [-0.05, 0) is 12.1 Å². The van der Waals surface area contributed by atoms with Crippen molar-refractivity contribution in [2.24, 2.45) is 0 Å². The summed E-state index contributed by atoms with van der Waals surface area (Å²) < 4.78 is 74.9. The Morgan fingerprint density at radius 1 is 1.06 bits per heavy atom. The fraction of sp³-hybridized carbons (Fsp3) is 0.333. The topological polar surface area (TPSA) is 20.2 Å². The van der Waals surface area contributed by atoms with Crippen LogP contribution in [0, 0.1) is 5.82 Å². The van der Waals surface area contributed by atoms with E-state index in [1.54, 1.807) is 0 Å². The number of aliphatic hydroxyl groups is 1. The van der Waals surface area contributed by atoms with Crippen molar-refractivity contribution >= 4 is 0 Å². The highest BCUT2D eigenvalue weighted by Gasteiger charge is 2.38. The fourth-order valence-electron chi connectivity index (χ4n) is 1.06. The van der Waals surface area contributed by atoms with Gasteiger partial charge < -0.3 is 5.11 Å². The van der Waals surface area contributed by atoms with Crippen LogP contribution < -0.4 is 0 Å². The molecule has 1 nitrogen and oxygen atoms in total. The standard InChI is InChI=1S/C9H6F6O/c10-7-2-1-5(8(11,12)4-16)3-6(7)9(13,14)15/h1-3,16H,4H2. The molecule has 0 aliphatic rings. The van der Waals surface area contributed by atoms with Crippen molar-refractivity contribution in [2.75, 3.05) is 6.61 Å². The van der Waals surface area contributed by atoms with Gasteiger partial charge in [0, 0.05) is 5.56 Å². The minimum atomic E-state index is -5.05. The van der Waals surface area contributed by atoms with Gasteiger partial charge in [0.05, 0.1) is 5.56 Å². The lowest BCUT2D eigenvalue weighted by molar-refractivity contribution is -0.140. The number of rotatable bonds is 2. The largest absolute Gasteiger partial charge is 0.419 e. The van der Waals surface area contributed by atoms with E-state index in [4.69, 9.17) is 5.11 Å². The third kappa shape index (κ3) is 2.46. The van der Waals surface area contributed by atoms with Gasteiger partial charge in [-0.2, -0.15) is 22.0 Å². The summed E-state index contributed by atoms with van der Waals surface area (Å²) in [5.41, 5.74) is -2.86. The number of alkyl halides is 5. The van der Waals surface area contributed by atoms with Crippen LogP contribution in [0.15, 0.2) is 18.2 Å². The smallest absolute Gasteiger partial charge is 0.390 e. The lowest BCUT2D eigenvalue weighted by atomic mass is 10.0. The number of benzene rings is 1. The minimum Gasteiger partial charge on any atom is -0.390 e. The van der Waals surface area contributed by atoms with Gasteiger partial charge in [0.15, 0.2) is 0 Å². The third-order valence-corrected chi connectivity index (χ3v) is 1.89. The van der Waals surface area contributed by atoms with Crippen molar-refractivity contribution < 1.29 is 31.4 Å². The zero-order valence-corrected chi connectivity index (χ0v) is 7.65. The molecule has 0 radical (unpaired) electrons. The van der Waals surface area contributed by atoms with E-state index < -0.39 is 35.6 Å². The number of aliphatic hydroxyl groups excluding tert-OH is 1. The summed E-state index contributed by atoms with van der Waals surface area (Å²) >= 11 is 0. The first kappa shape index (κ1) is 12.8. The van der Waals surface area contributed by atoms with Gasteiger partial charge in [0.25, 0.3) is 5.92 Å². The molecule has 0 spiro atoms. The summed E-state index contributed by atoms with van der Waals surface area (Å²) in [6.07, 6.45) is -5.05. The van der Waals surface area contributed by atoms with Crippen LogP contribution in [0.3, 0.4) is 0 Å². The first-order valence-electron chi connectivity index (χ1n) is 4.04. The van der Waals surface area contributed by atoms with Gasteiger partial charge >= 0.3 is 6.18 Å². The van der Waals surface area contributed by atoms with Crippen molar-refractivity contribution in [3.63, 3.8) is 0 Å². The fourth-order valence-corrected chi connectivity index (χ4v) is 1.06. The number of halogens is 6. The van der Waals surface area contributed by atoms with Crippen LogP contribution in [-0.2, 0) is 12.1 Å². The van der Waals surface area contributed by atoms with E-state index >= 15 is 0 Å². The third-order valence-electron chi connectivity index (χ3n) is 1.89. The molecule has 0 aliphatic carbocycles. The summed E-state index contributed by atoms with van der Waals surface area (Å²) in [6, 6.07) is 0.786. The maximum absolute atomic E-state index is 12.8. The maximum Gasteiger partial charge on any atom is 0.419 e. The molecule has 0 atom stereocenters. The van der Waals surface area contributed by atoms with Crippen molar-refractivity contribution in [3.8, 4) is 0 Å². The predicted octanol–water partition coefficient (Wildman–Crippen LogP) is 2.93. The number of hydrogen-bond acceptors (Lipinski definition) is 1. The van der Waals surface area contributed by atoms with Crippen LogP contribution in [-0.4, -0.2) is 11.7 Å². The monoisotopic (exact) mass is 244 g/mol. The Balaban J connectivity index is 3.29. The molecule has 7 heteroatoms. The van der Waals surface area contributed by atoms with E-state index in [0.29, 0.717) is 12.1 Å². The Morgan fingerprint density at radius 3 is 2.06 bits per heavy atom. The lowest BCUT2D eigenvalue weighted by Crippen LogP contribution is -2.20. The molecule has 0 aromatic heterocycles. The predicted molar refractivity (Wildman–Crippen MR) is 42.4 cm³/mol. The van der Waals surface area contributed by atoms with Gasteiger partial charge in [-0.15, -0.1) is 0 Å². The van der Waals surface area contributed by atoms with Crippen LogP contribution >= 0.6 is 0 Å². The van der Waals surface area contributed by atoms with Crippen LogP contribution in [0.1, 0.15) is 11.1 Å². The molecule has 16 heavy (non-hydrogen) atoms. The quantitative estimate of drug-likeness (QED) is 0.793. The molecule has 1 aromatic carbocycles. The number of hydrogen-bond donors (Lipinski definition) is 1. The molecule has 1 rings (SSSR count). The van der Waals surface area contributed by atoms with E-state index in [1.807, 2.05) is 0 Å². The first-order chi connectivity index (χ1) is 7.18. The molecule has 0 saturated heterocycles. The van der Waals surface area contributed by atoms with E-state index in [2.05, 4.69) is 0 Å². The molecule has 0 saturated carbocycles. The van der Waals surface area contributed by atoms with Crippen LogP contribution in [0.5, 0.6) is 0 Å². The second-order valence-electron chi connectivity index (χ2n) is 3.05. The van der Waals surface area contributed by atoms with E-state index in [9.17, 15) is 26.3 Å². The van der Waals surface area contributed by atoms with Gasteiger partial charge in [-0.25, -0.2) is 4.39 Å². The van der Waals surface area contributed by atoms with Crippen LogP contribution in [0.2, 0.25) is 0 Å². The average molecular weight is 244 g/mol. The van der Waals surface area contributed by atoms with Gasteiger partial charge in [0.2, 0.25) is 0 Å². The molecule has 90 valence electrons. The van der Waals surface area contributed by atoms with Gasteiger partial charge in [0.1, 0.15) is 12.4 Å². The Labute approximate surface area is 86.3 Å². The second kappa shape index (κ2) is 3.97. The SMILES string of the molecule is OCC(F)(F)c1ccc(F)c(C(F)(F)F)c1. The molecule has 0 heterocycles. The molecular weight excluding hydrogens is 238 g/mol. The Hall–Kier alpha value is -1.24. The highest BCUT2D eigenvalue weighted by atomic mass is 19.4. The first-order valence-corrected chi connectivity index (χ1v) is 4.04. The van der Waals surface area contributed by atoms with Crippen molar-refractivity contribution in [2.45, 2.75) is 12.1 Å². The Kier molecular flexibility index (Phi) is 3.18. The highest BCUT2D eigenvalue weighted by molar-refractivity contribution is 5.30. The van der Waals surface area contributed by atoms with E-state index in [0.717, 1.165) is 0 Å². The summed E-state index contributed by atoms with van der Waals surface area (Å²) in [5, 5.41) is 8.29. The van der Waals surface area contributed by atoms with Crippen LogP contribution in [0.4, 0.5) is 26.3 Å². The molecule has 1 aromatic rings. The van der Waals surface area contributed by atoms with Gasteiger partial charge in [-0.1, -0.05) is 6.07 Å². The normalized spacial score (nSPS) is 12.9. The molecule has 1 N–H and O–H groups in total. The molecule has 0 aliphatic heterocycles. The van der Waals surface area contributed by atoms with Crippen LogP contribution in [0.25, 0.3) is 0 Å². The van der Waals surface area contributed by atoms with Gasteiger partial charge in [-0.3, -0.25) is 0 Å². The summed E-state index contributed by atoms with van der Waals surface area (Å²) in [4.78, 5) is 0. The van der Waals surface area contributed by atoms with E-state index in [-0.39, 0.29) is 6.07 Å². The highest BCUT2D eigenvalue weighted by Crippen LogP contribution is 2.35. The summed E-state index contributed by atoms with van der Waals surface area (Å²) in [6.45, 7) is -1.64. The van der Waals surface area contributed by atoms with E-state index in [1.165, 1.54) is 0 Å². The minimum absolute atomic E-state index is 0.00838. The van der Waals surface area contributed by atoms with Crippen molar-refractivity contribution in [1.29, 1.82) is 0 Å². The summed E-state index contributed by atoms with van der Waals surface area (Å²) in [5.74, 6) is -5.46. The molecule has 0 unspecified atom stereocenters. The Bertz CT molecular complexity index is 384. The Morgan fingerprint density at radius 2 is 1.62 bits per heavy atom. The molecular formula is C9H6F6O. The molecule has 0 fully saturated rings. The zero-order valence-electron chi connectivity index (χ0n) is 7.65. The average Bonchev–Trinajstić information content (AvgIpc) is 2.16. The molecule has 0 amide bonds. The summed E-state index contributed by atoms with van der Waals surface area (Å²) in [7, 11) is 0.